The van der Waals surface area contributed by atoms with Crippen LogP contribution in [0.4, 0.5) is 0 Å². The minimum Gasteiger partial charge on any atom is -0.183 e. The van der Waals surface area contributed by atoms with Crippen LogP contribution < -0.4 is 4.57 Å². The molecular weight excluding hydrogens is 306 g/mol. The van der Waals surface area contributed by atoms with E-state index in [0.717, 1.165) is 20.5 Å². The first-order chi connectivity index (χ1) is 9.66. The third-order valence-electron chi connectivity index (χ3n) is 3.17. The molecule has 100 valence electrons. The smallest absolute Gasteiger partial charge is 0.183 e. The normalized spacial score (nSPS) is 10.8. The van der Waals surface area contributed by atoms with Gasteiger partial charge < -0.3 is 0 Å². The highest BCUT2D eigenvalue weighted by Gasteiger charge is 2.24. The van der Waals surface area contributed by atoms with Crippen LogP contribution in [0, 0.1) is 0 Å². The second-order valence-electron chi connectivity index (χ2n) is 4.49. The van der Waals surface area contributed by atoms with Crippen molar-refractivity contribution in [2.45, 2.75) is 4.21 Å². The van der Waals surface area contributed by atoms with E-state index in [-0.39, 0.29) is 0 Å². The van der Waals surface area contributed by atoms with E-state index in [0.29, 0.717) is 0 Å². The van der Waals surface area contributed by atoms with Gasteiger partial charge in [-0.3, -0.25) is 0 Å². The summed E-state index contributed by atoms with van der Waals surface area (Å²) >= 11 is 12.3. The lowest BCUT2D eigenvalue weighted by molar-refractivity contribution is -0.646. The average Bonchev–Trinajstić information content (AvgIpc) is 2.76. The van der Waals surface area contributed by atoms with Crippen LogP contribution in [0.15, 0.2) is 58.8 Å². The van der Waals surface area contributed by atoms with E-state index < -0.39 is 0 Å². The number of rotatable bonds is 2. The first-order valence-corrected chi connectivity index (χ1v) is 7.84. The maximum atomic E-state index is 5.95. The van der Waals surface area contributed by atoms with Gasteiger partial charge in [0.05, 0.1) is 5.56 Å². The fourth-order valence-corrected chi connectivity index (χ4v) is 3.89. The highest BCUT2D eigenvalue weighted by Crippen LogP contribution is 2.34. The standard InChI is InChI=1S/C16H12ClNS2/c1-18-14(11-5-3-2-4-6-11)16(19)20-15(18)12-7-9-13(17)10-8-12/h2-10H,1H3/p+1. The Morgan fingerprint density at radius 2 is 1.60 bits per heavy atom. The number of aromatic nitrogens is 1. The molecule has 4 heteroatoms. The van der Waals surface area contributed by atoms with E-state index in [1.165, 1.54) is 10.6 Å². The van der Waals surface area contributed by atoms with Gasteiger partial charge in [0.1, 0.15) is 11.3 Å². The molecule has 0 aliphatic rings. The number of hydrogen-bond acceptors (Lipinski definition) is 2. The second kappa shape index (κ2) is 5.60. The van der Waals surface area contributed by atoms with Gasteiger partial charge in [0.15, 0.2) is 0 Å². The summed E-state index contributed by atoms with van der Waals surface area (Å²) in [5.41, 5.74) is 3.47. The number of hydrogen-bond donors (Lipinski definition) is 1. The molecular formula is C16H13ClNS2+. The lowest BCUT2D eigenvalue weighted by Crippen LogP contribution is -2.30. The van der Waals surface area contributed by atoms with Crippen molar-refractivity contribution >= 4 is 35.6 Å². The summed E-state index contributed by atoms with van der Waals surface area (Å²) in [6, 6.07) is 18.2. The minimum atomic E-state index is 0.752. The van der Waals surface area contributed by atoms with Gasteiger partial charge in [0.25, 0.3) is 5.01 Å². The SMILES string of the molecule is C[n+]1c(-c2ccc(Cl)cc2)sc(S)c1-c1ccccc1. The second-order valence-corrected chi connectivity index (χ2v) is 6.68. The van der Waals surface area contributed by atoms with Gasteiger partial charge in [0.2, 0.25) is 5.69 Å². The summed E-state index contributed by atoms with van der Waals surface area (Å²) in [6.45, 7) is 0. The zero-order chi connectivity index (χ0) is 14.1. The number of thiazole rings is 1. The van der Waals surface area contributed by atoms with Gasteiger partial charge in [-0.1, -0.05) is 41.1 Å². The first kappa shape index (κ1) is 13.7. The molecule has 2 aromatic carbocycles. The molecule has 1 nitrogen and oxygen atoms in total. The van der Waals surface area contributed by atoms with Crippen molar-refractivity contribution in [3.8, 4) is 21.8 Å². The zero-order valence-electron chi connectivity index (χ0n) is 10.9. The quantitative estimate of drug-likeness (QED) is 0.508. The Balaban J connectivity index is 2.14. The van der Waals surface area contributed by atoms with E-state index in [9.17, 15) is 0 Å². The monoisotopic (exact) mass is 318 g/mol. The molecule has 1 heterocycles. The zero-order valence-corrected chi connectivity index (χ0v) is 13.3. The Kier molecular flexibility index (Phi) is 3.83. The Bertz CT molecular complexity index is 733. The number of benzene rings is 2. The van der Waals surface area contributed by atoms with Gasteiger partial charge in [-0.2, -0.15) is 4.57 Å². The molecule has 0 amide bonds. The van der Waals surface area contributed by atoms with Crippen LogP contribution in [0.25, 0.3) is 21.8 Å². The van der Waals surface area contributed by atoms with Crippen molar-refractivity contribution in [1.82, 2.24) is 0 Å². The van der Waals surface area contributed by atoms with E-state index in [2.05, 4.69) is 36.4 Å². The average molecular weight is 319 g/mol. The molecule has 0 spiro atoms. The number of thiol groups is 1. The van der Waals surface area contributed by atoms with Crippen LogP contribution in [0.3, 0.4) is 0 Å². The molecule has 1 aromatic heterocycles. The van der Waals surface area contributed by atoms with Crippen molar-refractivity contribution in [3.05, 3.63) is 59.6 Å². The molecule has 0 aliphatic carbocycles. The summed E-state index contributed by atoms with van der Waals surface area (Å²) in [5.74, 6) is 0. The molecule has 0 saturated heterocycles. The van der Waals surface area contributed by atoms with Crippen molar-refractivity contribution in [2.75, 3.05) is 0 Å². The predicted molar refractivity (Wildman–Crippen MR) is 88.6 cm³/mol. The van der Waals surface area contributed by atoms with E-state index >= 15 is 0 Å². The van der Waals surface area contributed by atoms with Gasteiger partial charge in [-0.05, 0) is 36.4 Å². The highest BCUT2D eigenvalue weighted by molar-refractivity contribution is 7.83. The summed E-state index contributed by atoms with van der Waals surface area (Å²) in [4.78, 5) is 0. The predicted octanol–water partition coefficient (Wildman–Crippen LogP) is 4.85. The van der Waals surface area contributed by atoms with Crippen molar-refractivity contribution in [2.24, 2.45) is 7.05 Å². The van der Waals surface area contributed by atoms with E-state index in [1.54, 1.807) is 11.3 Å². The molecule has 0 radical (unpaired) electrons. The van der Waals surface area contributed by atoms with Crippen molar-refractivity contribution in [1.29, 1.82) is 0 Å². The molecule has 3 rings (SSSR count). The lowest BCUT2D eigenvalue weighted by Gasteiger charge is -1.98. The third-order valence-corrected chi connectivity index (χ3v) is 5.00. The molecule has 0 fully saturated rings. The summed E-state index contributed by atoms with van der Waals surface area (Å²) in [6.07, 6.45) is 0. The van der Waals surface area contributed by atoms with Crippen LogP contribution in [-0.4, -0.2) is 0 Å². The van der Waals surface area contributed by atoms with Gasteiger partial charge in [-0.25, -0.2) is 0 Å². The highest BCUT2D eigenvalue weighted by atomic mass is 35.5. The van der Waals surface area contributed by atoms with Crippen LogP contribution in [0.5, 0.6) is 0 Å². The molecule has 20 heavy (non-hydrogen) atoms. The fraction of sp³-hybridized carbons (Fsp3) is 0.0625. The van der Waals surface area contributed by atoms with Crippen molar-refractivity contribution in [3.63, 3.8) is 0 Å². The molecule has 0 saturated carbocycles. The van der Waals surface area contributed by atoms with E-state index in [1.807, 2.05) is 42.5 Å². The van der Waals surface area contributed by atoms with Crippen molar-refractivity contribution < 1.29 is 4.57 Å². The third kappa shape index (κ3) is 2.49. The molecule has 0 N–H and O–H groups in total. The minimum absolute atomic E-state index is 0.752. The topological polar surface area (TPSA) is 3.88 Å². The number of nitrogens with zero attached hydrogens (tertiary/aromatic N) is 1. The lowest BCUT2D eigenvalue weighted by atomic mass is 10.1. The Morgan fingerprint density at radius 3 is 2.25 bits per heavy atom. The molecule has 0 bridgehead atoms. The van der Waals surface area contributed by atoms with Crippen LogP contribution in [-0.2, 0) is 7.05 Å². The van der Waals surface area contributed by atoms with Crippen LogP contribution in [0.1, 0.15) is 0 Å². The number of halogens is 1. The molecule has 0 aliphatic heterocycles. The Labute approximate surface area is 132 Å². The summed E-state index contributed by atoms with van der Waals surface area (Å²) < 4.78 is 3.20. The summed E-state index contributed by atoms with van der Waals surface area (Å²) in [5, 5.41) is 1.92. The Morgan fingerprint density at radius 1 is 0.950 bits per heavy atom. The molecule has 3 aromatic rings. The maximum Gasteiger partial charge on any atom is 0.270 e. The first-order valence-electron chi connectivity index (χ1n) is 6.20. The van der Waals surface area contributed by atoms with Crippen LogP contribution in [0.2, 0.25) is 5.02 Å². The van der Waals surface area contributed by atoms with Gasteiger partial charge in [-0.15, -0.1) is 12.6 Å². The Hall–Kier alpha value is -1.29. The van der Waals surface area contributed by atoms with Crippen LogP contribution >= 0.6 is 35.6 Å². The van der Waals surface area contributed by atoms with E-state index in [4.69, 9.17) is 11.6 Å². The fourth-order valence-electron chi connectivity index (χ4n) is 2.21. The molecule has 0 atom stereocenters. The maximum absolute atomic E-state index is 5.95. The summed E-state index contributed by atoms with van der Waals surface area (Å²) in [7, 11) is 2.07. The largest absolute Gasteiger partial charge is 0.270 e. The van der Waals surface area contributed by atoms with Gasteiger partial charge >= 0.3 is 0 Å². The van der Waals surface area contributed by atoms with Gasteiger partial charge in [0, 0.05) is 10.6 Å². The molecule has 0 unspecified atom stereocenters.